The summed E-state index contributed by atoms with van der Waals surface area (Å²) in [7, 11) is 0. The highest BCUT2D eigenvalue weighted by Crippen LogP contribution is 2.32. The standard InChI is InChI=1S/C21H21N3O3/c1-14-10-15(2)24(23-14)13-16-4-3-5-17(11-16)21(25)22-18-6-7-19-20(12-18)27-9-8-26-19/h3-7,10-12H,8-9,13H2,1-2H3,(H,22,25). The van der Waals surface area contributed by atoms with Gasteiger partial charge in [-0.2, -0.15) is 5.10 Å². The Hall–Kier alpha value is -3.28. The van der Waals surface area contributed by atoms with E-state index in [-0.39, 0.29) is 5.91 Å². The summed E-state index contributed by atoms with van der Waals surface area (Å²) in [5.41, 5.74) is 4.38. The Bertz CT molecular complexity index is 994. The predicted octanol–water partition coefficient (Wildman–Crippen LogP) is 3.57. The molecule has 1 aliphatic heterocycles. The molecule has 0 bridgehead atoms. The van der Waals surface area contributed by atoms with E-state index in [9.17, 15) is 4.79 Å². The smallest absolute Gasteiger partial charge is 0.255 e. The number of hydrogen-bond acceptors (Lipinski definition) is 4. The van der Waals surface area contributed by atoms with Crippen LogP contribution >= 0.6 is 0 Å². The first-order valence-electron chi connectivity index (χ1n) is 8.89. The number of aryl methyl sites for hydroxylation is 2. The number of aromatic nitrogens is 2. The molecule has 2 aromatic carbocycles. The third kappa shape index (κ3) is 3.79. The molecule has 27 heavy (non-hydrogen) atoms. The van der Waals surface area contributed by atoms with Gasteiger partial charge in [-0.3, -0.25) is 9.48 Å². The molecule has 4 rings (SSSR count). The molecule has 0 atom stereocenters. The summed E-state index contributed by atoms with van der Waals surface area (Å²) in [5, 5.41) is 7.40. The van der Waals surface area contributed by atoms with E-state index in [2.05, 4.69) is 10.4 Å². The average molecular weight is 363 g/mol. The summed E-state index contributed by atoms with van der Waals surface area (Å²) in [6.07, 6.45) is 0. The Morgan fingerprint density at radius 1 is 1.07 bits per heavy atom. The number of nitrogens with one attached hydrogen (secondary N) is 1. The zero-order valence-corrected chi connectivity index (χ0v) is 15.4. The van der Waals surface area contributed by atoms with Crippen LogP contribution in [0.2, 0.25) is 0 Å². The molecule has 0 spiro atoms. The molecule has 6 nitrogen and oxygen atoms in total. The van der Waals surface area contributed by atoms with Gasteiger partial charge in [0, 0.05) is 23.0 Å². The third-order valence-electron chi connectivity index (χ3n) is 4.42. The molecule has 1 amide bonds. The van der Waals surface area contributed by atoms with Crippen LogP contribution < -0.4 is 14.8 Å². The Balaban J connectivity index is 1.50. The van der Waals surface area contributed by atoms with E-state index in [1.807, 2.05) is 54.9 Å². The minimum absolute atomic E-state index is 0.165. The number of ether oxygens (including phenoxy) is 2. The van der Waals surface area contributed by atoms with Crippen molar-refractivity contribution in [1.29, 1.82) is 0 Å². The van der Waals surface area contributed by atoms with Gasteiger partial charge in [-0.05, 0) is 49.7 Å². The number of benzene rings is 2. The number of carbonyl (C=O) groups is 1. The van der Waals surface area contributed by atoms with Gasteiger partial charge < -0.3 is 14.8 Å². The first-order chi connectivity index (χ1) is 13.1. The maximum absolute atomic E-state index is 12.7. The van der Waals surface area contributed by atoms with Gasteiger partial charge in [-0.25, -0.2) is 0 Å². The van der Waals surface area contributed by atoms with Crippen LogP contribution in [0.25, 0.3) is 0 Å². The number of fused-ring (bicyclic) bond motifs is 1. The lowest BCUT2D eigenvalue weighted by atomic mass is 10.1. The highest BCUT2D eigenvalue weighted by Gasteiger charge is 2.14. The molecule has 0 fully saturated rings. The van der Waals surface area contributed by atoms with E-state index in [1.165, 1.54) is 0 Å². The Morgan fingerprint density at radius 2 is 1.89 bits per heavy atom. The van der Waals surface area contributed by atoms with Gasteiger partial charge in [0.15, 0.2) is 11.5 Å². The highest BCUT2D eigenvalue weighted by molar-refractivity contribution is 6.04. The summed E-state index contributed by atoms with van der Waals surface area (Å²) < 4.78 is 13.0. The van der Waals surface area contributed by atoms with Crippen molar-refractivity contribution in [1.82, 2.24) is 9.78 Å². The van der Waals surface area contributed by atoms with Crippen LogP contribution in [-0.4, -0.2) is 28.9 Å². The van der Waals surface area contributed by atoms with Crippen molar-refractivity contribution in [3.8, 4) is 11.5 Å². The quantitative estimate of drug-likeness (QED) is 0.770. The van der Waals surface area contributed by atoms with Crippen LogP contribution in [-0.2, 0) is 6.54 Å². The average Bonchev–Trinajstić information content (AvgIpc) is 2.98. The highest BCUT2D eigenvalue weighted by atomic mass is 16.6. The van der Waals surface area contributed by atoms with Crippen molar-refractivity contribution in [2.45, 2.75) is 20.4 Å². The fraction of sp³-hybridized carbons (Fsp3) is 0.238. The van der Waals surface area contributed by atoms with E-state index in [0.29, 0.717) is 42.5 Å². The van der Waals surface area contributed by atoms with E-state index < -0.39 is 0 Å². The van der Waals surface area contributed by atoms with Gasteiger partial charge in [0.2, 0.25) is 0 Å². The summed E-state index contributed by atoms with van der Waals surface area (Å²) >= 11 is 0. The second-order valence-electron chi connectivity index (χ2n) is 6.60. The predicted molar refractivity (Wildman–Crippen MR) is 103 cm³/mol. The molecular formula is C21H21N3O3. The van der Waals surface area contributed by atoms with Gasteiger partial charge in [0.1, 0.15) is 13.2 Å². The molecule has 0 saturated carbocycles. The minimum atomic E-state index is -0.165. The number of hydrogen-bond donors (Lipinski definition) is 1. The third-order valence-corrected chi connectivity index (χ3v) is 4.42. The molecule has 0 aliphatic carbocycles. The molecule has 0 radical (unpaired) electrons. The second kappa shape index (κ2) is 7.15. The molecule has 6 heteroatoms. The topological polar surface area (TPSA) is 65.4 Å². The number of nitrogens with zero attached hydrogens (tertiary/aromatic N) is 2. The summed E-state index contributed by atoms with van der Waals surface area (Å²) in [6.45, 7) is 5.68. The molecule has 0 saturated heterocycles. The van der Waals surface area contributed by atoms with Crippen LogP contribution in [0.1, 0.15) is 27.3 Å². The number of anilines is 1. The maximum Gasteiger partial charge on any atom is 0.255 e. The molecule has 1 aromatic heterocycles. The molecule has 2 heterocycles. The first-order valence-corrected chi connectivity index (χ1v) is 8.89. The van der Waals surface area contributed by atoms with Crippen LogP contribution in [0.4, 0.5) is 5.69 Å². The largest absolute Gasteiger partial charge is 0.486 e. The number of amides is 1. The van der Waals surface area contributed by atoms with Crippen LogP contribution in [0, 0.1) is 13.8 Å². The lowest BCUT2D eigenvalue weighted by Gasteiger charge is -2.19. The summed E-state index contributed by atoms with van der Waals surface area (Å²) in [5.74, 6) is 1.19. The van der Waals surface area contributed by atoms with Gasteiger partial charge in [-0.1, -0.05) is 12.1 Å². The van der Waals surface area contributed by atoms with Crippen molar-refractivity contribution in [2.75, 3.05) is 18.5 Å². The fourth-order valence-electron chi connectivity index (χ4n) is 3.14. The van der Waals surface area contributed by atoms with Crippen LogP contribution in [0.15, 0.2) is 48.5 Å². The van der Waals surface area contributed by atoms with E-state index in [0.717, 1.165) is 17.0 Å². The fourth-order valence-corrected chi connectivity index (χ4v) is 3.14. The molecule has 3 aromatic rings. The summed E-state index contributed by atoms with van der Waals surface area (Å²) in [6, 6.07) is 15.0. The van der Waals surface area contributed by atoms with Gasteiger partial charge in [0.05, 0.1) is 12.2 Å². The van der Waals surface area contributed by atoms with E-state index >= 15 is 0 Å². The lowest BCUT2D eigenvalue weighted by Crippen LogP contribution is -2.16. The molecule has 1 N–H and O–H groups in total. The Kier molecular flexibility index (Phi) is 4.54. The Morgan fingerprint density at radius 3 is 2.67 bits per heavy atom. The van der Waals surface area contributed by atoms with Crippen LogP contribution in [0.3, 0.4) is 0 Å². The second-order valence-corrected chi connectivity index (χ2v) is 6.60. The lowest BCUT2D eigenvalue weighted by molar-refractivity contribution is 0.102. The zero-order valence-electron chi connectivity index (χ0n) is 15.4. The zero-order chi connectivity index (χ0) is 18.8. The number of carbonyl (C=O) groups excluding carboxylic acids is 1. The normalized spacial score (nSPS) is 12.7. The minimum Gasteiger partial charge on any atom is -0.486 e. The van der Waals surface area contributed by atoms with Crippen molar-refractivity contribution in [3.05, 3.63) is 71.0 Å². The molecule has 138 valence electrons. The van der Waals surface area contributed by atoms with Crippen LogP contribution in [0.5, 0.6) is 11.5 Å². The maximum atomic E-state index is 12.7. The monoisotopic (exact) mass is 363 g/mol. The van der Waals surface area contributed by atoms with Crippen molar-refractivity contribution in [3.63, 3.8) is 0 Å². The van der Waals surface area contributed by atoms with Gasteiger partial charge in [0.25, 0.3) is 5.91 Å². The van der Waals surface area contributed by atoms with Gasteiger partial charge in [-0.15, -0.1) is 0 Å². The van der Waals surface area contributed by atoms with E-state index in [4.69, 9.17) is 9.47 Å². The van der Waals surface area contributed by atoms with Crippen molar-refractivity contribution in [2.24, 2.45) is 0 Å². The number of rotatable bonds is 4. The SMILES string of the molecule is Cc1cc(C)n(Cc2cccc(C(=O)Nc3ccc4c(c3)OCCO4)c2)n1. The molecule has 0 unspecified atom stereocenters. The first kappa shape index (κ1) is 17.1. The Labute approximate surface area is 157 Å². The van der Waals surface area contributed by atoms with Crippen molar-refractivity contribution < 1.29 is 14.3 Å². The van der Waals surface area contributed by atoms with Gasteiger partial charge >= 0.3 is 0 Å². The molecular weight excluding hydrogens is 342 g/mol. The molecule has 1 aliphatic rings. The van der Waals surface area contributed by atoms with Crippen molar-refractivity contribution >= 4 is 11.6 Å². The summed E-state index contributed by atoms with van der Waals surface area (Å²) in [4.78, 5) is 12.7. The van der Waals surface area contributed by atoms with E-state index in [1.54, 1.807) is 12.1 Å².